The molecule has 1 atom stereocenters. The van der Waals surface area contributed by atoms with Gasteiger partial charge in [0.1, 0.15) is 0 Å². The molecule has 1 aliphatic carbocycles. The van der Waals surface area contributed by atoms with Gasteiger partial charge in [-0.1, -0.05) is 158 Å². The van der Waals surface area contributed by atoms with Crippen LogP contribution in [0.25, 0.3) is 44.1 Å². The third-order valence-electron chi connectivity index (χ3n) is 9.57. The van der Waals surface area contributed by atoms with Gasteiger partial charge in [-0.05, 0) is 51.1 Å². The van der Waals surface area contributed by atoms with Crippen LogP contribution in [0.1, 0.15) is 33.7 Å². The second-order valence-electron chi connectivity index (χ2n) is 12.2. The molecule has 9 rings (SSSR count). The van der Waals surface area contributed by atoms with Gasteiger partial charge < -0.3 is 0 Å². The van der Waals surface area contributed by atoms with Gasteiger partial charge in [0.05, 0.1) is 22.4 Å². The standard InChI is InChI=1S/C44H31N3/c45-43(32-25-23-30(24-26-32)29-13-3-1-4-14-29)38-20-9-11-21-39(38)46-47-40-22-12-10-18-34(40)37-28-27-36-33-17-7-8-19-35(33)41(42(36)44(37)47)31-15-5-2-6-16-31/h1-28,41,45-46H. The number of benzene rings is 7. The van der Waals surface area contributed by atoms with Crippen molar-refractivity contribution in [2.45, 2.75) is 5.92 Å². The Morgan fingerprint density at radius 1 is 0.532 bits per heavy atom. The topological polar surface area (TPSA) is 40.8 Å². The van der Waals surface area contributed by atoms with Crippen LogP contribution in [0.2, 0.25) is 0 Å². The van der Waals surface area contributed by atoms with Crippen LogP contribution < -0.4 is 5.43 Å². The van der Waals surface area contributed by atoms with Crippen LogP contribution in [0, 0.1) is 5.41 Å². The van der Waals surface area contributed by atoms with Crippen molar-refractivity contribution < 1.29 is 0 Å². The minimum absolute atomic E-state index is 0.104. The molecule has 3 nitrogen and oxygen atoms in total. The molecule has 0 saturated heterocycles. The zero-order valence-electron chi connectivity index (χ0n) is 25.7. The second-order valence-corrected chi connectivity index (χ2v) is 12.2. The molecule has 0 amide bonds. The predicted molar refractivity (Wildman–Crippen MR) is 196 cm³/mol. The zero-order valence-corrected chi connectivity index (χ0v) is 25.7. The molecule has 1 aliphatic rings. The Hall–Kier alpha value is -6.19. The number of aromatic nitrogens is 1. The first-order valence-corrected chi connectivity index (χ1v) is 16.1. The van der Waals surface area contributed by atoms with E-state index in [-0.39, 0.29) is 5.92 Å². The summed E-state index contributed by atoms with van der Waals surface area (Å²) >= 11 is 0. The fourth-order valence-electron chi connectivity index (χ4n) is 7.40. The van der Waals surface area contributed by atoms with E-state index in [4.69, 9.17) is 0 Å². The van der Waals surface area contributed by atoms with E-state index < -0.39 is 0 Å². The molecule has 0 fully saturated rings. The normalized spacial score (nSPS) is 13.4. The van der Waals surface area contributed by atoms with Gasteiger partial charge in [-0.25, -0.2) is 0 Å². The Balaban J connectivity index is 1.21. The molecule has 7 aromatic carbocycles. The number of hydrogen-bond acceptors (Lipinski definition) is 2. The maximum absolute atomic E-state index is 9.35. The number of para-hydroxylation sites is 2. The highest BCUT2D eigenvalue weighted by Crippen LogP contribution is 2.51. The molecule has 1 heterocycles. The summed E-state index contributed by atoms with van der Waals surface area (Å²) in [6.07, 6.45) is 0. The molecule has 0 bridgehead atoms. The van der Waals surface area contributed by atoms with E-state index in [1.807, 2.05) is 24.3 Å². The molecule has 222 valence electrons. The molecule has 0 spiro atoms. The first kappa shape index (κ1) is 27.1. The van der Waals surface area contributed by atoms with Crippen molar-refractivity contribution in [2.24, 2.45) is 0 Å². The molecular weight excluding hydrogens is 571 g/mol. The van der Waals surface area contributed by atoms with E-state index in [9.17, 15) is 5.41 Å². The van der Waals surface area contributed by atoms with Gasteiger partial charge >= 0.3 is 0 Å². The van der Waals surface area contributed by atoms with Gasteiger partial charge in [0.25, 0.3) is 0 Å². The van der Waals surface area contributed by atoms with Gasteiger partial charge in [-0.2, -0.15) is 0 Å². The first-order valence-electron chi connectivity index (χ1n) is 16.1. The molecule has 2 N–H and O–H groups in total. The molecular formula is C44H31N3. The molecule has 0 radical (unpaired) electrons. The van der Waals surface area contributed by atoms with Crippen LogP contribution in [0.4, 0.5) is 5.69 Å². The fraction of sp³-hybridized carbons (Fsp3) is 0.0227. The SMILES string of the molecule is N=C(c1ccc(-c2ccccc2)cc1)c1ccccc1Nn1c2ccccc2c2ccc3c(c21)C(c1ccccc1)c1ccccc1-3. The lowest BCUT2D eigenvalue weighted by molar-refractivity contribution is 0.989. The quantitative estimate of drug-likeness (QED) is 0.183. The Kier molecular flexibility index (Phi) is 6.36. The minimum Gasteiger partial charge on any atom is -0.300 e. The Morgan fingerprint density at radius 2 is 1.19 bits per heavy atom. The Morgan fingerprint density at radius 3 is 2.02 bits per heavy atom. The maximum Gasteiger partial charge on any atom is 0.0757 e. The molecule has 1 unspecified atom stereocenters. The lowest BCUT2D eigenvalue weighted by Gasteiger charge is -2.20. The smallest absolute Gasteiger partial charge is 0.0757 e. The lowest BCUT2D eigenvalue weighted by atomic mass is 9.88. The summed E-state index contributed by atoms with van der Waals surface area (Å²) in [6.45, 7) is 0. The van der Waals surface area contributed by atoms with E-state index in [2.05, 4.69) is 156 Å². The van der Waals surface area contributed by atoms with Crippen molar-refractivity contribution in [2.75, 3.05) is 5.43 Å². The van der Waals surface area contributed by atoms with Crippen molar-refractivity contribution in [1.29, 1.82) is 5.41 Å². The summed E-state index contributed by atoms with van der Waals surface area (Å²) in [6, 6.07) is 59.7. The average molecular weight is 602 g/mol. The molecule has 0 saturated carbocycles. The number of hydrogen-bond donors (Lipinski definition) is 2. The van der Waals surface area contributed by atoms with Crippen LogP contribution in [-0.2, 0) is 0 Å². The van der Waals surface area contributed by atoms with Gasteiger partial charge in [0.2, 0.25) is 0 Å². The second kappa shape index (κ2) is 11.0. The third-order valence-corrected chi connectivity index (χ3v) is 9.57. The van der Waals surface area contributed by atoms with Crippen molar-refractivity contribution >= 4 is 33.2 Å². The summed E-state index contributed by atoms with van der Waals surface area (Å²) in [5.74, 6) is 0.104. The largest absolute Gasteiger partial charge is 0.300 e. The fourth-order valence-corrected chi connectivity index (χ4v) is 7.40. The highest BCUT2D eigenvalue weighted by molar-refractivity contribution is 6.15. The number of fused-ring (bicyclic) bond motifs is 7. The van der Waals surface area contributed by atoms with Crippen LogP contribution >= 0.6 is 0 Å². The molecule has 3 heteroatoms. The summed E-state index contributed by atoms with van der Waals surface area (Å²) in [7, 11) is 0. The molecule has 8 aromatic rings. The Bertz CT molecular complexity index is 2440. The van der Waals surface area contributed by atoms with Crippen molar-refractivity contribution in [3.8, 4) is 22.3 Å². The summed E-state index contributed by atoms with van der Waals surface area (Å²) in [5.41, 5.74) is 18.0. The van der Waals surface area contributed by atoms with E-state index in [0.29, 0.717) is 5.71 Å². The minimum atomic E-state index is 0.104. The van der Waals surface area contributed by atoms with Gasteiger partial charge in [-0.3, -0.25) is 15.5 Å². The van der Waals surface area contributed by atoms with Crippen molar-refractivity contribution in [1.82, 2.24) is 4.68 Å². The van der Waals surface area contributed by atoms with Crippen molar-refractivity contribution in [3.63, 3.8) is 0 Å². The monoisotopic (exact) mass is 601 g/mol. The van der Waals surface area contributed by atoms with E-state index in [0.717, 1.165) is 27.9 Å². The zero-order chi connectivity index (χ0) is 31.3. The number of nitrogens with zero attached hydrogens (tertiary/aromatic N) is 1. The lowest BCUT2D eigenvalue weighted by Crippen LogP contribution is -2.14. The van der Waals surface area contributed by atoms with Crippen LogP contribution in [-0.4, -0.2) is 10.4 Å². The first-order chi connectivity index (χ1) is 23.3. The van der Waals surface area contributed by atoms with Crippen LogP contribution in [0.5, 0.6) is 0 Å². The number of nitrogens with one attached hydrogen (secondary N) is 2. The number of rotatable bonds is 6. The summed E-state index contributed by atoms with van der Waals surface area (Å²) in [5, 5.41) is 11.8. The molecule has 0 aliphatic heterocycles. The molecule has 1 aromatic heterocycles. The van der Waals surface area contributed by atoms with Crippen LogP contribution in [0.3, 0.4) is 0 Å². The highest BCUT2D eigenvalue weighted by Gasteiger charge is 2.33. The Labute approximate surface area is 273 Å². The number of anilines is 1. The summed E-state index contributed by atoms with van der Waals surface area (Å²) < 4.78 is 2.26. The third kappa shape index (κ3) is 4.39. The average Bonchev–Trinajstić information content (AvgIpc) is 3.65. The maximum atomic E-state index is 9.35. The predicted octanol–water partition coefficient (Wildman–Crippen LogP) is 10.9. The van der Waals surface area contributed by atoms with Gasteiger partial charge in [-0.15, -0.1) is 0 Å². The van der Waals surface area contributed by atoms with Crippen LogP contribution in [0.15, 0.2) is 170 Å². The van der Waals surface area contributed by atoms with Gasteiger partial charge in [0.15, 0.2) is 0 Å². The van der Waals surface area contributed by atoms with E-state index >= 15 is 0 Å². The van der Waals surface area contributed by atoms with Gasteiger partial charge in [0, 0.05) is 27.8 Å². The van der Waals surface area contributed by atoms with E-state index in [1.165, 1.54) is 49.7 Å². The van der Waals surface area contributed by atoms with Crippen molar-refractivity contribution in [3.05, 3.63) is 198 Å². The highest BCUT2D eigenvalue weighted by atomic mass is 15.4. The molecule has 47 heavy (non-hydrogen) atoms. The van der Waals surface area contributed by atoms with E-state index in [1.54, 1.807) is 0 Å². The summed E-state index contributed by atoms with van der Waals surface area (Å²) in [4.78, 5) is 0.